The molecule has 0 unspecified atom stereocenters. The van der Waals surface area contributed by atoms with E-state index in [9.17, 15) is 8.42 Å². The van der Waals surface area contributed by atoms with Crippen molar-refractivity contribution < 1.29 is 12.8 Å². The highest BCUT2D eigenvalue weighted by Gasteiger charge is 2.21. The van der Waals surface area contributed by atoms with Crippen LogP contribution in [0.4, 0.5) is 0 Å². The Morgan fingerprint density at radius 1 is 1.19 bits per heavy atom. The van der Waals surface area contributed by atoms with Crippen LogP contribution in [0.2, 0.25) is 0 Å². The molecule has 0 saturated heterocycles. The molecule has 0 aromatic carbocycles. The van der Waals surface area contributed by atoms with Crippen LogP contribution >= 0.6 is 0 Å². The van der Waals surface area contributed by atoms with Gasteiger partial charge < -0.3 is 4.42 Å². The number of aromatic nitrogens is 3. The largest absolute Gasteiger partial charge is 0.463 e. The van der Waals surface area contributed by atoms with Crippen LogP contribution in [0.3, 0.4) is 0 Å². The smallest absolute Gasteiger partial charge is 0.246 e. The zero-order chi connectivity index (χ0) is 18.1. The van der Waals surface area contributed by atoms with Crippen LogP contribution in [-0.4, -0.2) is 41.1 Å². The second kappa shape index (κ2) is 6.62. The molecule has 0 aliphatic carbocycles. The molecule has 0 atom stereocenters. The summed E-state index contributed by atoms with van der Waals surface area (Å²) >= 11 is 0. The number of hydrogen-bond donors (Lipinski definition) is 0. The van der Waals surface area contributed by atoms with E-state index in [0.29, 0.717) is 13.0 Å². The Balaban J connectivity index is 1.46. The van der Waals surface area contributed by atoms with Gasteiger partial charge in [-0.25, -0.2) is 18.4 Å². The average molecular weight is 370 g/mol. The third-order valence-corrected chi connectivity index (χ3v) is 5.19. The molecule has 4 rings (SSSR count). The Hall–Kier alpha value is -2.58. The van der Waals surface area contributed by atoms with Crippen LogP contribution < -0.4 is 0 Å². The topological polar surface area (TPSA) is 89.2 Å². The van der Waals surface area contributed by atoms with Gasteiger partial charge in [-0.3, -0.25) is 9.88 Å². The molecule has 0 N–H and O–H groups in total. The lowest BCUT2D eigenvalue weighted by molar-refractivity contribution is 0.242. The van der Waals surface area contributed by atoms with Gasteiger partial charge >= 0.3 is 0 Å². The normalized spacial score (nSPS) is 15.0. The van der Waals surface area contributed by atoms with Crippen molar-refractivity contribution in [3.63, 3.8) is 0 Å². The molecule has 134 valence electrons. The molecule has 0 spiro atoms. The number of furan rings is 1. The first-order valence-electron chi connectivity index (χ1n) is 8.25. The number of sulfone groups is 1. The Morgan fingerprint density at radius 2 is 2.08 bits per heavy atom. The van der Waals surface area contributed by atoms with Gasteiger partial charge in [-0.1, -0.05) is 6.07 Å². The van der Waals surface area contributed by atoms with Gasteiger partial charge in [0.2, 0.25) is 15.0 Å². The summed E-state index contributed by atoms with van der Waals surface area (Å²) in [5.41, 5.74) is 3.72. The third-order valence-electron chi connectivity index (χ3n) is 4.33. The number of fused-ring (bicyclic) bond motifs is 1. The summed E-state index contributed by atoms with van der Waals surface area (Å²) in [6.45, 7) is 2.27. The minimum absolute atomic E-state index is 0.0950. The number of rotatable bonds is 4. The van der Waals surface area contributed by atoms with Crippen LogP contribution in [0, 0.1) is 0 Å². The van der Waals surface area contributed by atoms with Crippen LogP contribution in [0.1, 0.15) is 16.8 Å². The van der Waals surface area contributed by atoms with Crippen LogP contribution in [0.25, 0.3) is 11.5 Å². The molecule has 0 bridgehead atoms. The molecule has 7 nitrogen and oxygen atoms in total. The molecule has 1 aliphatic rings. The summed E-state index contributed by atoms with van der Waals surface area (Å²) in [5, 5.41) is -0.0950. The van der Waals surface area contributed by atoms with Crippen molar-refractivity contribution in [2.24, 2.45) is 0 Å². The van der Waals surface area contributed by atoms with Gasteiger partial charge in [0.15, 0.2) is 5.76 Å². The zero-order valence-corrected chi connectivity index (χ0v) is 15.1. The first kappa shape index (κ1) is 16.9. The monoisotopic (exact) mass is 370 g/mol. The van der Waals surface area contributed by atoms with E-state index in [4.69, 9.17) is 4.42 Å². The summed E-state index contributed by atoms with van der Waals surface area (Å²) in [5.74, 6) is 0.752. The van der Waals surface area contributed by atoms with Crippen LogP contribution in [-0.2, 0) is 29.3 Å². The average Bonchev–Trinajstić information content (AvgIpc) is 3.16. The quantitative estimate of drug-likeness (QED) is 0.650. The molecule has 26 heavy (non-hydrogen) atoms. The lowest BCUT2D eigenvalue weighted by Crippen LogP contribution is -2.31. The Bertz CT molecular complexity index is 1020. The predicted octanol–water partition coefficient (Wildman–Crippen LogP) is 2.09. The van der Waals surface area contributed by atoms with Crippen molar-refractivity contribution in [3.8, 4) is 11.5 Å². The fourth-order valence-electron chi connectivity index (χ4n) is 3.02. The van der Waals surface area contributed by atoms with E-state index in [-0.39, 0.29) is 5.16 Å². The Labute approximate surface area is 151 Å². The Morgan fingerprint density at radius 3 is 2.77 bits per heavy atom. The third kappa shape index (κ3) is 3.51. The molecule has 3 aromatic heterocycles. The van der Waals surface area contributed by atoms with E-state index in [2.05, 4.69) is 19.9 Å². The van der Waals surface area contributed by atoms with Crippen molar-refractivity contribution in [2.75, 3.05) is 12.8 Å². The number of hydrogen-bond acceptors (Lipinski definition) is 7. The van der Waals surface area contributed by atoms with Crippen molar-refractivity contribution in [3.05, 3.63) is 59.7 Å². The van der Waals surface area contributed by atoms with Gasteiger partial charge in [-0.15, -0.1) is 0 Å². The Kier molecular flexibility index (Phi) is 4.29. The minimum Gasteiger partial charge on any atom is -0.463 e. The fraction of sp³-hybridized carbons (Fsp3) is 0.278. The molecule has 4 heterocycles. The van der Waals surface area contributed by atoms with Crippen molar-refractivity contribution in [1.29, 1.82) is 0 Å². The highest BCUT2D eigenvalue weighted by Crippen LogP contribution is 2.21. The number of pyridine rings is 1. The maximum atomic E-state index is 11.6. The maximum Gasteiger partial charge on any atom is 0.246 e. The van der Waals surface area contributed by atoms with Crippen molar-refractivity contribution in [2.45, 2.75) is 24.7 Å². The van der Waals surface area contributed by atoms with Crippen LogP contribution in [0.15, 0.2) is 52.5 Å². The zero-order valence-electron chi connectivity index (χ0n) is 14.3. The second-order valence-electron chi connectivity index (χ2n) is 6.39. The highest BCUT2D eigenvalue weighted by molar-refractivity contribution is 7.90. The summed E-state index contributed by atoms with van der Waals surface area (Å²) < 4.78 is 28.5. The molecule has 1 aliphatic heterocycles. The molecular weight excluding hydrogens is 352 g/mol. The van der Waals surface area contributed by atoms with E-state index in [1.807, 2.05) is 30.5 Å². The van der Waals surface area contributed by atoms with Crippen molar-refractivity contribution in [1.82, 2.24) is 19.9 Å². The highest BCUT2D eigenvalue weighted by atomic mass is 32.2. The molecule has 0 saturated carbocycles. The van der Waals surface area contributed by atoms with Gasteiger partial charge in [0.1, 0.15) is 5.69 Å². The standard InChI is InChI=1S/C18H18N4O3S/c1-26(23,24)18-20-10-14-12-22(7-6-15(14)21-18)11-13-4-5-16(19-9-13)17-3-2-8-25-17/h2-5,8-10H,6-7,11-12H2,1H3. The predicted molar refractivity (Wildman–Crippen MR) is 94.9 cm³/mol. The first-order chi connectivity index (χ1) is 12.5. The SMILES string of the molecule is CS(=O)(=O)c1ncc2c(n1)CCN(Cc1ccc(-c3ccco3)nc1)C2. The van der Waals surface area contributed by atoms with Gasteiger partial charge in [0, 0.05) is 50.3 Å². The molecule has 0 fully saturated rings. The summed E-state index contributed by atoms with van der Waals surface area (Å²) in [6.07, 6.45) is 6.95. The fourth-order valence-corrected chi connectivity index (χ4v) is 3.54. The molecule has 8 heteroatoms. The van der Waals surface area contributed by atoms with E-state index in [1.54, 1.807) is 12.5 Å². The van der Waals surface area contributed by atoms with Gasteiger partial charge in [0.25, 0.3) is 0 Å². The first-order valence-corrected chi connectivity index (χ1v) is 10.1. The second-order valence-corrected chi connectivity index (χ2v) is 8.30. The van der Waals surface area contributed by atoms with E-state index in [1.165, 1.54) is 0 Å². The lowest BCUT2D eigenvalue weighted by atomic mass is 10.1. The molecular formula is C18H18N4O3S. The maximum absolute atomic E-state index is 11.6. The van der Waals surface area contributed by atoms with E-state index < -0.39 is 9.84 Å². The van der Waals surface area contributed by atoms with E-state index >= 15 is 0 Å². The van der Waals surface area contributed by atoms with E-state index in [0.717, 1.165) is 47.6 Å². The lowest BCUT2D eigenvalue weighted by Gasteiger charge is -2.27. The summed E-state index contributed by atoms with van der Waals surface area (Å²) in [4.78, 5) is 14.9. The van der Waals surface area contributed by atoms with Gasteiger partial charge in [0.05, 0.1) is 12.0 Å². The molecule has 0 radical (unpaired) electrons. The summed E-state index contributed by atoms with van der Waals surface area (Å²) in [7, 11) is -3.37. The molecule has 3 aromatic rings. The van der Waals surface area contributed by atoms with Gasteiger partial charge in [-0.2, -0.15) is 0 Å². The summed E-state index contributed by atoms with van der Waals surface area (Å²) in [6, 6.07) is 7.72. The number of nitrogens with zero attached hydrogens (tertiary/aromatic N) is 4. The minimum atomic E-state index is -3.37. The van der Waals surface area contributed by atoms with Crippen LogP contribution in [0.5, 0.6) is 0 Å². The van der Waals surface area contributed by atoms with Gasteiger partial charge in [-0.05, 0) is 23.8 Å². The van der Waals surface area contributed by atoms with Crippen molar-refractivity contribution >= 4 is 9.84 Å². The molecule has 0 amide bonds.